The van der Waals surface area contributed by atoms with Gasteiger partial charge >= 0.3 is 0 Å². The van der Waals surface area contributed by atoms with E-state index < -0.39 is 0 Å². The summed E-state index contributed by atoms with van der Waals surface area (Å²) in [6.45, 7) is 1.83. The van der Waals surface area contributed by atoms with E-state index in [9.17, 15) is 4.79 Å². The summed E-state index contributed by atoms with van der Waals surface area (Å²) in [5.74, 6) is -0.146. The molecule has 1 atom stereocenters. The van der Waals surface area contributed by atoms with Gasteiger partial charge in [-0.15, -0.1) is 0 Å². The first-order valence-electron chi connectivity index (χ1n) is 6.82. The Bertz CT molecular complexity index is 672. The summed E-state index contributed by atoms with van der Waals surface area (Å²) in [6.07, 6.45) is 3.76. The molecule has 0 unspecified atom stereocenters. The largest absolute Gasteiger partial charge is 0.377 e. The lowest BCUT2D eigenvalue weighted by Gasteiger charge is -2.13. The molecule has 1 amide bonds. The molecule has 6 heteroatoms. The van der Waals surface area contributed by atoms with Gasteiger partial charge in [-0.25, -0.2) is 0 Å². The maximum absolute atomic E-state index is 12.3. The van der Waals surface area contributed by atoms with Crippen LogP contribution in [0.25, 0.3) is 0 Å². The molecule has 0 saturated heterocycles. The summed E-state index contributed by atoms with van der Waals surface area (Å²) in [7, 11) is 3.94. The van der Waals surface area contributed by atoms with Crippen molar-refractivity contribution in [3.05, 3.63) is 52.8 Å². The van der Waals surface area contributed by atoms with Crippen LogP contribution < -0.4 is 14.8 Å². The van der Waals surface area contributed by atoms with Gasteiger partial charge in [0.2, 0.25) is 6.04 Å². The molecule has 0 bridgehead atoms. The maximum Gasteiger partial charge on any atom is 0.293 e. The highest BCUT2D eigenvalue weighted by atomic mass is 35.5. The topological polar surface area (TPSA) is 36.2 Å². The molecule has 1 heterocycles. The summed E-state index contributed by atoms with van der Waals surface area (Å²) in [5, 5.41) is 3.76. The van der Waals surface area contributed by atoms with Crippen LogP contribution in [0.15, 0.2) is 42.7 Å². The van der Waals surface area contributed by atoms with E-state index in [0.29, 0.717) is 15.7 Å². The third-order valence-corrected chi connectivity index (χ3v) is 3.91. The maximum atomic E-state index is 12.3. The molecule has 0 aliphatic rings. The Morgan fingerprint density at radius 2 is 1.82 bits per heavy atom. The average molecular weight is 339 g/mol. The van der Waals surface area contributed by atoms with Crippen molar-refractivity contribution in [2.45, 2.75) is 13.0 Å². The van der Waals surface area contributed by atoms with Gasteiger partial charge in [0.25, 0.3) is 5.91 Å². The third-order valence-electron chi connectivity index (χ3n) is 3.37. The minimum atomic E-state index is -0.358. The molecule has 0 spiro atoms. The molecule has 1 aromatic heterocycles. The quantitative estimate of drug-likeness (QED) is 0.865. The molecule has 0 aliphatic heterocycles. The number of hydrogen-bond acceptors (Lipinski definition) is 2. The molecule has 2 aromatic rings. The number of amides is 1. The van der Waals surface area contributed by atoms with Gasteiger partial charge in [0, 0.05) is 43.9 Å². The van der Waals surface area contributed by atoms with Crippen molar-refractivity contribution in [3.63, 3.8) is 0 Å². The smallest absolute Gasteiger partial charge is 0.293 e. The molecule has 116 valence electrons. The minimum Gasteiger partial charge on any atom is -0.377 e. The lowest BCUT2D eigenvalue weighted by molar-refractivity contribution is -0.705. The van der Waals surface area contributed by atoms with Crippen LogP contribution in [0.2, 0.25) is 10.0 Å². The normalized spacial score (nSPS) is 11.9. The van der Waals surface area contributed by atoms with E-state index in [1.54, 1.807) is 18.2 Å². The van der Waals surface area contributed by atoms with E-state index in [0.717, 1.165) is 5.69 Å². The molecule has 0 fully saturated rings. The molecule has 0 aliphatic carbocycles. The summed E-state index contributed by atoms with van der Waals surface area (Å²) >= 11 is 11.9. The van der Waals surface area contributed by atoms with Gasteiger partial charge in [-0.1, -0.05) is 23.2 Å². The Balaban J connectivity index is 2.11. The Labute approximate surface area is 140 Å². The molecular formula is C16H18Cl2N3O+. The van der Waals surface area contributed by atoms with Gasteiger partial charge in [-0.3, -0.25) is 4.79 Å². The number of nitrogens with zero attached hydrogens (tertiary/aromatic N) is 2. The number of aromatic nitrogens is 1. The number of rotatable bonds is 4. The number of carbonyl (C=O) groups is 1. The minimum absolute atomic E-state index is 0.146. The SMILES string of the molecule is C[C@@H](C(=O)Nc1ccc(Cl)cc1Cl)[n+]1ccc(N(C)C)cc1. The first-order chi connectivity index (χ1) is 10.4. The summed E-state index contributed by atoms with van der Waals surface area (Å²) in [5.41, 5.74) is 1.62. The van der Waals surface area contributed by atoms with E-state index in [1.807, 2.05) is 55.0 Å². The van der Waals surface area contributed by atoms with Crippen molar-refractivity contribution in [2.75, 3.05) is 24.3 Å². The number of benzene rings is 1. The van der Waals surface area contributed by atoms with Gasteiger partial charge < -0.3 is 10.2 Å². The number of carbonyl (C=O) groups excluding carboxylic acids is 1. The molecule has 4 nitrogen and oxygen atoms in total. The monoisotopic (exact) mass is 338 g/mol. The lowest BCUT2D eigenvalue weighted by atomic mass is 10.2. The van der Waals surface area contributed by atoms with Crippen LogP contribution in [0.4, 0.5) is 11.4 Å². The van der Waals surface area contributed by atoms with E-state index in [4.69, 9.17) is 23.2 Å². The standard InChI is InChI=1S/C16H17Cl2N3O/c1-11(21-8-6-13(7-9-21)20(2)3)16(22)19-15-5-4-12(17)10-14(15)18/h4-11H,1-3H3/p+1/t11-/m0/s1. The van der Waals surface area contributed by atoms with Crippen LogP contribution in [-0.2, 0) is 4.79 Å². The van der Waals surface area contributed by atoms with Crippen LogP contribution in [0.5, 0.6) is 0 Å². The molecule has 1 N–H and O–H groups in total. The molecule has 2 rings (SSSR count). The molecule has 22 heavy (non-hydrogen) atoms. The van der Waals surface area contributed by atoms with Gasteiger partial charge in [0.05, 0.1) is 10.7 Å². The zero-order valence-corrected chi connectivity index (χ0v) is 14.2. The van der Waals surface area contributed by atoms with Gasteiger partial charge in [0.15, 0.2) is 12.4 Å². The van der Waals surface area contributed by atoms with Crippen molar-refractivity contribution in [1.29, 1.82) is 0 Å². The highest BCUT2D eigenvalue weighted by Crippen LogP contribution is 2.25. The Morgan fingerprint density at radius 1 is 1.18 bits per heavy atom. The number of halogens is 2. The lowest BCUT2D eigenvalue weighted by Crippen LogP contribution is -2.44. The first-order valence-corrected chi connectivity index (χ1v) is 7.58. The van der Waals surface area contributed by atoms with Crippen molar-refractivity contribution in [3.8, 4) is 0 Å². The molecule has 0 radical (unpaired) electrons. The second kappa shape index (κ2) is 6.99. The van der Waals surface area contributed by atoms with Crippen LogP contribution in [0.3, 0.4) is 0 Å². The Morgan fingerprint density at radius 3 is 2.36 bits per heavy atom. The van der Waals surface area contributed by atoms with Crippen molar-refractivity contribution < 1.29 is 9.36 Å². The van der Waals surface area contributed by atoms with E-state index >= 15 is 0 Å². The third kappa shape index (κ3) is 3.90. The van der Waals surface area contributed by atoms with Gasteiger partial charge in [0.1, 0.15) is 0 Å². The second-order valence-corrected chi connectivity index (χ2v) is 6.03. The summed E-state index contributed by atoms with van der Waals surface area (Å²) in [4.78, 5) is 14.3. The van der Waals surface area contributed by atoms with Crippen LogP contribution in [-0.4, -0.2) is 20.0 Å². The number of pyridine rings is 1. The molecule has 0 saturated carbocycles. The molecule has 1 aromatic carbocycles. The molecular weight excluding hydrogens is 321 g/mol. The number of anilines is 2. The second-order valence-electron chi connectivity index (χ2n) is 5.19. The zero-order valence-electron chi connectivity index (χ0n) is 12.7. The predicted molar refractivity (Wildman–Crippen MR) is 90.8 cm³/mol. The van der Waals surface area contributed by atoms with Crippen LogP contribution in [0.1, 0.15) is 13.0 Å². The van der Waals surface area contributed by atoms with E-state index in [1.165, 1.54) is 0 Å². The fraction of sp³-hybridized carbons (Fsp3) is 0.250. The summed E-state index contributed by atoms with van der Waals surface area (Å²) in [6, 6.07) is 8.53. The van der Waals surface area contributed by atoms with Crippen LogP contribution >= 0.6 is 23.2 Å². The van der Waals surface area contributed by atoms with Crippen molar-refractivity contribution in [1.82, 2.24) is 0 Å². The fourth-order valence-corrected chi connectivity index (χ4v) is 2.41. The van der Waals surface area contributed by atoms with Crippen LogP contribution in [0, 0.1) is 0 Å². The van der Waals surface area contributed by atoms with Crippen molar-refractivity contribution in [2.24, 2.45) is 0 Å². The average Bonchev–Trinajstić information content (AvgIpc) is 2.49. The highest BCUT2D eigenvalue weighted by Gasteiger charge is 2.22. The summed E-state index contributed by atoms with van der Waals surface area (Å²) < 4.78 is 1.84. The number of nitrogens with one attached hydrogen (secondary N) is 1. The van der Waals surface area contributed by atoms with Crippen molar-refractivity contribution >= 4 is 40.5 Å². The Kier molecular flexibility index (Phi) is 5.27. The predicted octanol–water partition coefficient (Wildman–Crippen LogP) is 3.55. The fourth-order valence-electron chi connectivity index (χ4n) is 1.95. The van der Waals surface area contributed by atoms with E-state index in [-0.39, 0.29) is 11.9 Å². The zero-order chi connectivity index (χ0) is 16.3. The Hall–Kier alpha value is -1.78. The first kappa shape index (κ1) is 16.6. The van der Waals surface area contributed by atoms with Gasteiger partial charge in [-0.2, -0.15) is 4.57 Å². The van der Waals surface area contributed by atoms with Gasteiger partial charge in [-0.05, 0) is 18.2 Å². The highest BCUT2D eigenvalue weighted by molar-refractivity contribution is 6.36. The van der Waals surface area contributed by atoms with E-state index in [2.05, 4.69) is 5.32 Å². The number of hydrogen-bond donors (Lipinski definition) is 1.